The van der Waals surface area contributed by atoms with Gasteiger partial charge in [0.15, 0.2) is 0 Å². The van der Waals surface area contributed by atoms with E-state index in [4.69, 9.17) is 0 Å². The van der Waals surface area contributed by atoms with Gasteiger partial charge in [-0.2, -0.15) is 0 Å². The van der Waals surface area contributed by atoms with E-state index in [1.54, 1.807) is 51.4 Å². The van der Waals surface area contributed by atoms with Crippen molar-refractivity contribution in [3.63, 3.8) is 0 Å². The summed E-state index contributed by atoms with van der Waals surface area (Å²) < 4.78 is 0. The summed E-state index contributed by atoms with van der Waals surface area (Å²) in [6, 6.07) is 0. The van der Waals surface area contributed by atoms with Crippen molar-refractivity contribution in [3.05, 3.63) is 0 Å². The fourth-order valence-corrected chi connectivity index (χ4v) is 5.79. The molecule has 2 saturated carbocycles. The zero-order valence-corrected chi connectivity index (χ0v) is 16.5. The van der Waals surface area contributed by atoms with Crippen LogP contribution in [0.4, 0.5) is 0 Å². The molecule has 2 aliphatic rings. The Morgan fingerprint density at radius 3 is 1.91 bits per heavy atom. The molecule has 0 spiro atoms. The molecule has 0 bridgehead atoms. The van der Waals surface area contributed by atoms with Crippen molar-refractivity contribution in [2.24, 2.45) is 23.2 Å². The van der Waals surface area contributed by atoms with Crippen molar-refractivity contribution in [2.75, 3.05) is 0 Å². The molecule has 0 aromatic carbocycles. The lowest BCUT2D eigenvalue weighted by Gasteiger charge is -2.44. The molecule has 0 aromatic heterocycles. The fourth-order valence-electron chi connectivity index (χ4n) is 5.79. The van der Waals surface area contributed by atoms with Crippen LogP contribution in [0.3, 0.4) is 0 Å². The number of hydrogen-bond acceptors (Lipinski definition) is 0. The predicted octanol–water partition coefficient (Wildman–Crippen LogP) is 8.15. The Morgan fingerprint density at radius 1 is 0.696 bits per heavy atom. The summed E-state index contributed by atoms with van der Waals surface area (Å²) in [6.07, 6.45) is 24.1. The van der Waals surface area contributed by atoms with Crippen LogP contribution in [0.15, 0.2) is 0 Å². The van der Waals surface area contributed by atoms with Gasteiger partial charge in [0, 0.05) is 0 Å². The van der Waals surface area contributed by atoms with Crippen LogP contribution in [-0.4, -0.2) is 0 Å². The summed E-state index contributed by atoms with van der Waals surface area (Å²) in [6.45, 7) is 7.16. The highest BCUT2D eigenvalue weighted by Crippen LogP contribution is 2.49. The van der Waals surface area contributed by atoms with Crippen LogP contribution >= 0.6 is 0 Å². The van der Waals surface area contributed by atoms with Crippen molar-refractivity contribution < 1.29 is 0 Å². The lowest BCUT2D eigenvalue weighted by atomic mass is 9.62. The molecule has 2 fully saturated rings. The van der Waals surface area contributed by atoms with Gasteiger partial charge in [0.25, 0.3) is 0 Å². The van der Waals surface area contributed by atoms with E-state index >= 15 is 0 Å². The topological polar surface area (TPSA) is 0 Å². The molecule has 2 rings (SSSR count). The van der Waals surface area contributed by atoms with E-state index < -0.39 is 0 Å². The second-order valence-electron chi connectivity index (χ2n) is 9.07. The summed E-state index contributed by atoms with van der Waals surface area (Å²) >= 11 is 0. The molecular weight excluding hydrogens is 276 g/mol. The minimum absolute atomic E-state index is 0.740. The van der Waals surface area contributed by atoms with E-state index in [-0.39, 0.29) is 0 Å². The molecule has 23 heavy (non-hydrogen) atoms. The van der Waals surface area contributed by atoms with Gasteiger partial charge < -0.3 is 0 Å². The zero-order chi connectivity index (χ0) is 16.5. The first-order chi connectivity index (χ1) is 11.2. The maximum atomic E-state index is 2.47. The monoisotopic (exact) mass is 320 g/mol. The normalized spacial score (nSPS) is 35.3. The standard InChI is InChI=1S/C23H44/c1-4-7-8-9-17-23(6-3)18-15-22(16-19-23)21-13-11-20(10-5-2)12-14-21/h20-22H,4-19H2,1-3H3. The van der Waals surface area contributed by atoms with E-state index in [1.165, 1.54) is 51.4 Å². The summed E-state index contributed by atoms with van der Waals surface area (Å²) in [4.78, 5) is 0. The number of hydrogen-bond donors (Lipinski definition) is 0. The number of rotatable bonds is 9. The Morgan fingerprint density at radius 2 is 1.35 bits per heavy atom. The van der Waals surface area contributed by atoms with Gasteiger partial charge in [-0.3, -0.25) is 0 Å². The minimum atomic E-state index is 0.740. The molecule has 0 amide bonds. The molecule has 0 N–H and O–H groups in total. The van der Waals surface area contributed by atoms with Crippen molar-refractivity contribution >= 4 is 0 Å². The first kappa shape index (κ1) is 19.3. The molecule has 0 aliphatic heterocycles. The third-order valence-electron chi connectivity index (χ3n) is 7.66. The fraction of sp³-hybridized carbons (Fsp3) is 1.00. The minimum Gasteiger partial charge on any atom is -0.0654 e. The average Bonchev–Trinajstić information content (AvgIpc) is 2.60. The van der Waals surface area contributed by atoms with Gasteiger partial charge in [-0.05, 0) is 68.1 Å². The Balaban J connectivity index is 1.72. The van der Waals surface area contributed by atoms with Crippen molar-refractivity contribution in [2.45, 2.75) is 124 Å². The molecule has 0 radical (unpaired) electrons. The third kappa shape index (κ3) is 5.79. The van der Waals surface area contributed by atoms with Crippen molar-refractivity contribution in [1.29, 1.82) is 0 Å². The van der Waals surface area contributed by atoms with Crippen LogP contribution in [0.5, 0.6) is 0 Å². The molecule has 0 saturated heterocycles. The smallest absolute Gasteiger partial charge is 0.0300 e. The quantitative estimate of drug-likeness (QED) is 0.376. The highest BCUT2D eigenvalue weighted by Gasteiger charge is 2.36. The Hall–Kier alpha value is 0. The molecule has 0 atom stereocenters. The van der Waals surface area contributed by atoms with Crippen molar-refractivity contribution in [1.82, 2.24) is 0 Å². The van der Waals surface area contributed by atoms with Gasteiger partial charge >= 0.3 is 0 Å². The highest BCUT2D eigenvalue weighted by atomic mass is 14.4. The van der Waals surface area contributed by atoms with E-state index in [0.29, 0.717) is 0 Å². The lowest BCUT2D eigenvalue weighted by molar-refractivity contribution is 0.0799. The largest absolute Gasteiger partial charge is 0.0654 e. The van der Waals surface area contributed by atoms with Gasteiger partial charge in [-0.15, -0.1) is 0 Å². The zero-order valence-electron chi connectivity index (χ0n) is 16.5. The maximum absolute atomic E-state index is 2.47. The van der Waals surface area contributed by atoms with E-state index in [1.807, 2.05) is 0 Å². The van der Waals surface area contributed by atoms with E-state index in [0.717, 1.165) is 23.2 Å². The summed E-state index contributed by atoms with van der Waals surface area (Å²) in [5.74, 6) is 3.26. The van der Waals surface area contributed by atoms with E-state index in [9.17, 15) is 0 Å². The van der Waals surface area contributed by atoms with Crippen LogP contribution < -0.4 is 0 Å². The van der Waals surface area contributed by atoms with Gasteiger partial charge in [-0.1, -0.05) is 78.6 Å². The summed E-state index contributed by atoms with van der Waals surface area (Å²) in [7, 11) is 0. The maximum Gasteiger partial charge on any atom is -0.0300 e. The van der Waals surface area contributed by atoms with Crippen LogP contribution in [0.25, 0.3) is 0 Å². The molecule has 0 aromatic rings. The lowest BCUT2D eigenvalue weighted by Crippen LogP contribution is -2.31. The van der Waals surface area contributed by atoms with E-state index in [2.05, 4.69) is 20.8 Å². The Bertz CT molecular complexity index is 289. The SMILES string of the molecule is CCCCCCC1(CC)CCC(C2CCC(CCC)CC2)CC1. The molecule has 136 valence electrons. The summed E-state index contributed by atoms with van der Waals surface area (Å²) in [5.41, 5.74) is 0.740. The molecule has 0 nitrogen and oxygen atoms in total. The van der Waals surface area contributed by atoms with Gasteiger partial charge in [-0.25, -0.2) is 0 Å². The second kappa shape index (κ2) is 10.1. The Labute approximate surface area is 147 Å². The molecule has 2 aliphatic carbocycles. The first-order valence-electron chi connectivity index (χ1n) is 11.2. The van der Waals surface area contributed by atoms with Crippen LogP contribution in [-0.2, 0) is 0 Å². The molecular formula is C23H44. The van der Waals surface area contributed by atoms with Crippen LogP contribution in [0.2, 0.25) is 0 Å². The third-order valence-corrected chi connectivity index (χ3v) is 7.66. The molecule has 0 heterocycles. The van der Waals surface area contributed by atoms with Crippen LogP contribution in [0, 0.1) is 23.2 Å². The van der Waals surface area contributed by atoms with Crippen molar-refractivity contribution in [3.8, 4) is 0 Å². The predicted molar refractivity (Wildman–Crippen MR) is 104 cm³/mol. The second-order valence-corrected chi connectivity index (χ2v) is 9.07. The highest BCUT2D eigenvalue weighted by molar-refractivity contribution is 4.88. The van der Waals surface area contributed by atoms with Gasteiger partial charge in [0.1, 0.15) is 0 Å². The number of unbranched alkanes of at least 4 members (excludes halogenated alkanes) is 3. The Kier molecular flexibility index (Phi) is 8.48. The van der Waals surface area contributed by atoms with Gasteiger partial charge in [0.2, 0.25) is 0 Å². The van der Waals surface area contributed by atoms with Crippen LogP contribution in [0.1, 0.15) is 124 Å². The average molecular weight is 321 g/mol. The molecule has 0 heteroatoms. The summed E-state index contributed by atoms with van der Waals surface area (Å²) in [5, 5.41) is 0. The van der Waals surface area contributed by atoms with Gasteiger partial charge in [0.05, 0.1) is 0 Å². The first-order valence-corrected chi connectivity index (χ1v) is 11.2. The molecule has 0 unspecified atom stereocenters.